The van der Waals surface area contributed by atoms with Crippen LogP contribution in [0.5, 0.6) is 0 Å². The standard InChI is InChI=1S/C29H46N4O/c1-21-10-8-11-22(2)32(21)16-6-3-7-17-33-27-15-5-4-13-24(27)20-26(29(33)34)19-23-12-9-14-25(18-23)28(30)31/h4-5,13,15,21-23,25-26H,3,6-12,14,16-20H2,1-2H3,(H3,30,31)/t21-,22+,23?,25?,26?. The number of amides is 1. The van der Waals surface area contributed by atoms with Gasteiger partial charge < -0.3 is 10.6 Å². The third kappa shape index (κ3) is 6.02. The first-order valence-corrected chi connectivity index (χ1v) is 13.9. The first-order chi connectivity index (χ1) is 16.4. The molecule has 2 aliphatic heterocycles. The number of nitrogens with one attached hydrogen (secondary N) is 1. The Morgan fingerprint density at radius 3 is 2.47 bits per heavy atom. The molecule has 1 amide bonds. The Kier molecular flexibility index (Phi) is 8.68. The van der Waals surface area contributed by atoms with Gasteiger partial charge in [0.15, 0.2) is 0 Å². The first-order valence-electron chi connectivity index (χ1n) is 13.9. The number of hydrogen-bond donors (Lipinski definition) is 2. The lowest BCUT2D eigenvalue weighted by Gasteiger charge is -2.39. The molecule has 3 unspecified atom stereocenters. The predicted octanol–water partition coefficient (Wildman–Crippen LogP) is 5.76. The van der Waals surface area contributed by atoms with Crippen LogP contribution in [-0.2, 0) is 11.2 Å². The van der Waals surface area contributed by atoms with Crippen molar-refractivity contribution in [3.63, 3.8) is 0 Å². The van der Waals surface area contributed by atoms with Crippen LogP contribution in [0, 0.1) is 23.2 Å². The van der Waals surface area contributed by atoms with E-state index >= 15 is 0 Å². The summed E-state index contributed by atoms with van der Waals surface area (Å²) < 4.78 is 0. The van der Waals surface area contributed by atoms with E-state index in [4.69, 9.17) is 11.1 Å². The minimum absolute atomic E-state index is 0.0701. The molecule has 3 N–H and O–H groups in total. The maximum absolute atomic E-state index is 13.6. The highest BCUT2D eigenvalue weighted by atomic mass is 16.2. The zero-order valence-corrected chi connectivity index (χ0v) is 21.5. The van der Waals surface area contributed by atoms with Crippen molar-refractivity contribution >= 4 is 17.4 Å². The minimum atomic E-state index is 0.0701. The predicted molar refractivity (Wildman–Crippen MR) is 141 cm³/mol. The molecule has 188 valence electrons. The summed E-state index contributed by atoms with van der Waals surface area (Å²) in [6.45, 7) is 6.78. The molecule has 1 aliphatic carbocycles. The highest BCUT2D eigenvalue weighted by molar-refractivity contribution is 5.98. The summed E-state index contributed by atoms with van der Waals surface area (Å²) in [4.78, 5) is 18.4. The van der Waals surface area contributed by atoms with Gasteiger partial charge in [-0.05, 0) is 89.3 Å². The number of carbonyl (C=O) groups is 1. The molecule has 4 rings (SSSR count). The normalized spacial score (nSPS) is 30.2. The Balaban J connectivity index is 1.32. The van der Waals surface area contributed by atoms with Gasteiger partial charge in [0.1, 0.15) is 0 Å². The molecule has 1 saturated carbocycles. The Bertz CT molecular complexity index is 829. The second-order valence-electron chi connectivity index (χ2n) is 11.4. The molecule has 5 atom stereocenters. The van der Waals surface area contributed by atoms with E-state index in [1.54, 1.807) is 0 Å². The van der Waals surface area contributed by atoms with Crippen molar-refractivity contribution < 1.29 is 4.79 Å². The molecule has 3 aliphatic rings. The van der Waals surface area contributed by atoms with Gasteiger partial charge in [-0.15, -0.1) is 0 Å². The summed E-state index contributed by atoms with van der Waals surface area (Å²) >= 11 is 0. The molecule has 5 heteroatoms. The van der Waals surface area contributed by atoms with Crippen LogP contribution in [0.4, 0.5) is 5.69 Å². The number of nitrogens with zero attached hydrogens (tertiary/aromatic N) is 2. The molecular formula is C29H46N4O. The van der Waals surface area contributed by atoms with Crippen molar-refractivity contribution in [1.82, 2.24) is 4.90 Å². The van der Waals surface area contributed by atoms with Crippen LogP contribution >= 0.6 is 0 Å². The molecule has 2 heterocycles. The van der Waals surface area contributed by atoms with Gasteiger partial charge in [-0.1, -0.05) is 43.9 Å². The number of rotatable bonds is 9. The monoisotopic (exact) mass is 466 g/mol. The van der Waals surface area contributed by atoms with Crippen molar-refractivity contribution in [2.75, 3.05) is 18.0 Å². The molecular weight excluding hydrogens is 420 g/mol. The molecule has 5 nitrogen and oxygen atoms in total. The SMILES string of the molecule is C[C@@H]1CCC[C@H](C)N1CCCCCN1C(=O)C(CC2CCCC(C(=N)N)C2)Cc2ccccc21. The summed E-state index contributed by atoms with van der Waals surface area (Å²) in [5.74, 6) is 1.45. The lowest BCUT2D eigenvalue weighted by Crippen LogP contribution is -2.44. The third-order valence-electron chi connectivity index (χ3n) is 8.88. The maximum atomic E-state index is 13.6. The number of unbranched alkanes of at least 4 members (excludes halogenated alkanes) is 2. The quantitative estimate of drug-likeness (QED) is 0.276. The summed E-state index contributed by atoms with van der Waals surface area (Å²) in [5, 5.41) is 7.86. The highest BCUT2D eigenvalue weighted by Gasteiger charge is 2.35. The lowest BCUT2D eigenvalue weighted by atomic mass is 9.75. The smallest absolute Gasteiger partial charge is 0.230 e. The number of nitrogens with two attached hydrogens (primary N) is 1. The zero-order valence-electron chi connectivity index (χ0n) is 21.5. The van der Waals surface area contributed by atoms with Crippen LogP contribution < -0.4 is 10.6 Å². The molecule has 0 aromatic heterocycles. The molecule has 0 radical (unpaired) electrons. The summed E-state index contributed by atoms with van der Waals surface area (Å²) in [6, 6.07) is 9.94. The van der Waals surface area contributed by atoms with E-state index in [9.17, 15) is 4.79 Å². The highest BCUT2D eigenvalue weighted by Crippen LogP contribution is 2.38. The third-order valence-corrected chi connectivity index (χ3v) is 8.88. The zero-order chi connectivity index (χ0) is 24.1. The van der Waals surface area contributed by atoms with Gasteiger partial charge in [-0.25, -0.2) is 0 Å². The van der Waals surface area contributed by atoms with E-state index in [0.717, 1.165) is 50.8 Å². The van der Waals surface area contributed by atoms with E-state index in [1.807, 2.05) is 0 Å². The average molecular weight is 467 g/mol. The molecule has 0 spiro atoms. The number of anilines is 1. The number of fused-ring (bicyclic) bond motifs is 1. The lowest BCUT2D eigenvalue weighted by molar-refractivity contribution is -0.123. The van der Waals surface area contributed by atoms with Crippen LogP contribution in [0.25, 0.3) is 0 Å². The van der Waals surface area contributed by atoms with Crippen molar-refractivity contribution in [2.24, 2.45) is 23.5 Å². The molecule has 1 aromatic rings. The number of amidine groups is 1. The number of piperidine rings is 1. The average Bonchev–Trinajstić information content (AvgIpc) is 2.82. The molecule has 1 saturated heterocycles. The van der Waals surface area contributed by atoms with Crippen molar-refractivity contribution in [1.29, 1.82) is 5.41 Å². The van der Waals surface area contributed by atoms with E-state index in [0.29, 0.717) is 29.7 Å². The van der Waals surface area contributed by atoms with Crippen LogP contribution in [0.1, 0.15) is 90.0 Å². The Morgan fingerprint density at radius 2 is 1.71 bits per heavy atom. The van der Waals surface area contributed by atoms with Gasteiger partial charge in [-0.2, -0.15) is 0 Å². The summed E-state index contributed by atoms with van der Waals surface area (Å²) in [6.07, 6.45) is 13.6. The van der Waals surface area contributed by atoms with E-state index in [-0.39, 0.29) is 11.8 Å². The molecule has 2 fully saturated rings. The molecule has 1 aromatic carbocycles. The second kappa shape index (κ2) is 11.7. The Hall–Kier alpha value is -1.88. The van der Waals surface area contributed by atoms with E-state index in [1.165, 1.54) is 50.6 Å². The molecule has 34 heavy (non-hydrogen) atoms. The van der Waals surface area contributed by atoms with Gasteiger partial charge in [0, 0.05) is 36.2 Å². The van der Waals surface area contributed by atoms with Crippen LogP contribution in [0.15, 0.2) is 24.3 Å². The first kappa shape index (κ1) is 25.2. The van der Waals surface area contributed by atoms with Crippen LogP contribution in [0.3, 0.4) is 0 Å². The fraction of sp³-hybridized carbons (Fsp3) is 0.724. The van der Waals surface area contributed by atoms with Gasteiger partial charge in [-0.3, -0.25) is 15.1 Å². The fourth-order valence-corrected chi connectivity index (χ4v) is 6.90. The van der Waals surface area contributed by atoms with Gasteiger partial charge in [0.25, 0.3) is 0 Å². The van der Waals surface area contributed by atoms with Gasteiger partial charge >= 0.3 is 0 Å². The maximum Gasteiger partial charge on any atom is 0.230 e. The number of para-hydroxylation sites is 1. The van der Waals surface area contributed by atoms with Crippen molar-refractivity contribution in [2.45, 2.75) is 103 Å². The van der Waals surface area contributed by atoms with Crippen LogP contribution in [0.2, 0.25) is 0 Å². The van der Waals surface area contributed by atoms with Gasteiger partial charge in [0.2, 0.25) is 5.91 Å². The second-order valence-corrected chi connectivity index (χ2v) is 11.4. The number of carbonyl (C=O) groups excluding carboxylic acids is 1. The van der Waals surface area contributed by atoms with Gasteiger partial charge in [0.05, 0.1) is 5.84 Å². The summed E-state index contributed by atoms with van der Waals surface area (Å²) in [7, 11) is 0. The Morgan fingerprint density at radius 1 is 1.00 bits per heavy atom. The van der Waals surface area contributed by atoms with E-state index in [2.05, 4.69) is 47.9 Å². The largest absolute Gasteiger partial charge is 0.387 e. The Labute approximate surface area is 207 Å². The van der Waals surface area contributed by atoms with Crippen molar-refractivity contribution in [3.8, 4) is 0 Å². The topological polar surface area (TPSA) is 73.4 Å². The van der Waals surface area contributed by atoms with Crippen LogP contribution in [-0.4, -0.2) is 41.8 Å². The number of likely N-dealkylation sites (tertiary alicyclic amines) is 1. The fourth-order valence-electron chi connectivity index (χ4n) is 6.90. The summed E-state index contributed by atoms with van der Waals surface area (Å²) in [5.41, 5.74) is 8.28. The van der Waals surface area contributed by atoms with Crippen molar-refractivity contribution in [3.05, 3.63) is 29.8 Å². The van der Waals surface area contributed by atoms with E-state index < -0.39 is 0 Å². The minimum Gasteiger partial charge on any atom is -0.387 e. The number of hydrogen-bond acceptors (Lipinski definition) is 3. The molecule has 0 bridgehead atoms. The number of benzene rings is 1.